The molecule has 0 aliphatic heterocycles. The first kappa shape index (κ1) is 13.4. The van der Waals surface area contributed by atoms with Gasteiger partial charge in [0.1, 0.15) is 5.60 Å². The summed E-state index contributed by atoms with van der Waals surface area (Å²) in [6.45, 7) is 6.68. The molecule has 5 heteroatoms. The molecular weight excluding hydrogens is 203 g/mol. The standard InChI is InChI=1S/C9H15O4P/c1-6-8-12-14(10,11-5)13-9(3,4)7-2/h2,6H,1,8H2,3-5H3. The fourth-order valence-electron chi connectivity index (χ4n) is 0.566. The maximum Gasteiger partial charge on any atom is 0.476 e. The second-order valence-corrected chi connectivity index (χ2v) is 4.66. The first-order chi connectivity index (χ1) is 6.39. The van der Waals surface area contributed by atoms with Gasteiger partial charge in [-0.15, -0.1) is 13.0 Å². The van der Waals surface area contributed by atoms with Gasteiger partial charge in [-0.05, 0) is 13.8 Å². The third kappa shape index (κ3) is 4.59. The lowest BCUT2D eigenvalue weighted by Gasteiger charge is -2.23. The Morgan fingerprint density at radius 3 is 2.57 bits per heavy atom. The van der Waals surface area contributed by atoms with Gasteiger partial charge in [0.15, 0.2) is 0 Å². The van der Waals surface area contributed by atoms with Crippen molar-refractivity contribution in [1.82, 2.24) is 0 Å². The van der Waals surface area contributed by atoms with Gasteiger partial charge in [0.2, 0.25) is 0 Å². The third-order valence-electron chi connectivity index (χ3n) is 1.26. The summed E-state index contributed by atoms with van der Waals surface area (Å²) in [6, 6.07) is 0. The van der Waals surface area contributed by atoms with E-state index in [4.69, 9.17) is 15.5 Å². The molecule has 0 aromatic rings. The van der Waals surface area contributed by atoms with E-state index in [2.05, 4.69) is 17.0 Å². The minimum Gasteiger partial charge on any atom is -0.290 e. The predicted molar refractivity (Wildman–Crippen MR) is 54.8 cm³/mol. The van der Waals surface area contributed by atoms with Gasteiger partial charge < -0.3 is 0 Å². The van der Waals surface area contributed by atoms with E-state index < -0.39 is 13.4 Å². The molecule has 0 rings (SSSR count). The van der Waals surface area contributed by atoms with Crippen LogP contribution in [0.4, 0.5) is 0 Å². The lowest BCUT2D eigenvalue weighted by molar-refractivity contribution is 0.0799. The summed E-state index contributed by atoms with van der Waals surface area (Å²) < 4.78 is 26.3. The Balaban J connectivity index is 4.49. The molecule has 0 bridgehead atoms. The number of hydrogen-bond acceptors (Lipinski definition) is 4. The van der Waals surface area contributed by atoms with Gasteiger partial charge in [0, 0.05) is 7.11 Å². The molecule has 0 spiro atoms. The van der Waals surface area contributed by atoms with Crippen molar-refractivity contribution >= 4 is 7.82 Å². The maximum atomic E-state index is 11.7. The quantitative estimate of drug-likeness (QED) is 0.390. The van der Waals surface area contributed by atoms with Crippen molar-refractivity contribution in [3.05, 3.63) is 12.7 Å². The minimum absolute atomic E-state index is 0.0752. The fraction of sp³-hybridized carbons (Fsp3) is 0.556. The summed E-state index contributed by atoms with van der Waals surface area (Å²) in [5.74, 6) is 2.33. The zero-order chi connectivity index (χ0) is 11.2. The zero-order valence-electron chi connectivity index (χ0n) is 8.65. The van der Waals surface area contributed by atoms with Crippen LogP contribution in [0.15, 0.2) is 12.7 Å². The van der Waals surface area contributed by atoms with Crippen molar-refractivity contribution in [2.24, 2.45) is 0 Å². The van der Waals surface area contributed by atoms with Gasteiger partial charge in [-0.25, -0.2) is 4.57 Å². The van der Waals surface area contributed by atoms with E-state index >= 15 is 0 Å². The summed E-state index contributed by atoms with van der Waals surface area (Å²) in [6.07, 6.45) is 6.61. The van der Waals surface area contributed by atoms with Crippen LogP contribution in [0.25, 0.3) is 0 Å². The highest BCUT2D eigenvalue weighted by atomic mass is 31.2. The highest BCUT2D eigenvalue weighted by Crippen LogP contribution is 2.51. The van der Waals surface area contributed by atoms with E-state index in [9.17, 15) is 4.57 Å². The Bertz CT molecular complexity index is 277. The van der Waals surface area contributed by atoms with Crippen molar-refractivity contribution in [1.29, 1.82) is 0 Å². The SMILES string of the molecule is C#CC(C)(C)OP(=O)(OC)OCC=C. The van der Waals surface area contributed by atoms with Crippen LogP contribution in [0.2, 0.25) is 0 Å². The Kier molecular flexibility index (Phi) is 5.11. The molecule has 0 aliphatic carbocycles. The molecular formula is C9H15O4P. The Morgan fingerprint density at radius 1 is 1.64 bits per heavy atom. The van der Waals surface area contributed by atoms with Crippen LogP contribution in [0.1, 0.15) is 13.8 Å². The first-order valence-electron chi connectivity index (χ1n) is 3.99. The number of terminal acetylenes is 1. The number of hydrogen-bond donors (Lipinski definition) is 0. The lowest BCUT2D eigenvalue weighted by Crippen LogP contribution is -2.21. The highest BCUT2D eigenvalue weighted by Gasteiger charge is 2.32. The summed E-state index contributed by atoms with van der Waals surface area (Å²) in [4.78, 5) is 0. The van der Waals surface area contributed by atoms with Crippen LogP contribution in [-0.2, 0) is 18.1 Å². The van der Waals surface area contributed by atoms with Crippen molar-refractivity contribution < 1.29 is 18.1 Å². The van der Waals surface area contributed by atoms with E-state index in [-0.39, 0.29) is 6.61 Å². The summed E-state index contributed by atoms with van der Waals surface area (Å²) in [5.41, 5.74) is -0.993. The average Bonchev–Trinajstić information content (AvgIpc) is 2.14. The molecule has 0 aromatic heterocycles. The smallest absolute Gasteiger partial charge is 0.290 e. The predicted octanol–water partition coefficient (Wildman–Crippen LogP) is 2.37. The largest absolute Gasteiger partial charge is 0.476 e. The molecule has 4 nitrogen and oxygen atoms in total. The zero-order valence-corrected chi connectivity index (χ0v) is 9.54. The molecule has 0 saturated heterocycles. The van der Waals surface area contributed by atoms with Crippen LogP contribution in [0, 0.1) is 12.3 Å². The molecule has 80 valence electrons. The molecule has 14 heavy (non-hydrogen) atoms. The molecule has 1 unspecified atom stereocenters. The normalized spacial score (nSPS) is 15.6. The van der Waals surface area contributed by atoms with Crippen molar-refractivity contribution in [2.75, 3.05) is 13.7 Å². The number of phosphoric acid groups is 1. The molecule has 0 heterocycles. The van der Waals surface area contributed by atoms with Gasteiger partial charge in [-0.3, -0.25) is 13.6 Å². The molecule has 0 N–H and O–H groups in total. The van der Waals surface area contributed by atoms with E-state index in [0.29, 0.717) is 0 Å². The second-order valence-electron chi connectivity index (χ2n) is 2.96. The molecule has 0 aliphatic rings. The molecule has 0 saturated carbocycles. The number of phosphoric ester groups is 1. The van der Waals surface area contributed by atoms with Crippen LogP contribution in [0.3, 0.4) is 0 Å². The lowest BCUT2D eigenvalue weighted by atomic mass is 10.2. The van der Waals surface area contributed by atoms with Crippen LogP contribution < -0.4 is 0 Å². The molecule has 1 atom stereocenters. The fourth-order valence-corrected chi connectivity index (χ4v) is 1.70. The molecule has 0 radical (unpaired) electrons. The average molecular weight is 218 g/mol. The van der Waals surface area contributed by atoms with E-state index in [1.165, 1.54) is 13.2 Å². The Labute approximate surface area is 84.9 Å². The van der Waals surface area contributed by atoms with Gasteiger partial charge in [-0.1, -0.05) is 12.0 Å². The number of rotatable bonds is 6. The van der Waals surface area contributed by atoms with E-state index in [0.717, 1.165) is 0 Å². The van der Waals surface area contributed by atoms with Gasteiger partial charge in [0.05, 0.1) is 6.61 Å². The topological polar surface area (TPSA) is 44.8 Å². The van der Waals surface area contributed by atoms with Gasteiger partial charge in [0.25, 0.3) is 0 Å². The van der Waals surface area contributed by atoms with Crippen LogP contribution in [0.5, 0.6) is 0 Å². The molecule has 0 amide bonds. The van der Waals surface area contributed by atoms with Gasteiger partial charge >= 0.3 is 7.82 Å². The van der Waals surface area contributed by atoms with E-state index in [1.54, 1.807) is 13.8 Å². The summed E-state index contributed by atoms with van der Waals surface area (Å²) >= 11 is 0. The summed E-state index contributed by atoms with van der Waals surface area (Å²) in [5, 5.41) is 0. The third-order valence-corrected chi connectivity index (χ3v) is 2.85. The Hall–Kier alpha value is -0.590. The van der Waals surface area contributed by atoms with Crippen LogP contribution in [-0.4, -0.2) is 19.3 Å². The van der Waals surface area contributed by atoms with Crippen LogP contribution >= 0.6 is 7.82 Å². The van der Waals surface area contributed by atoms with E-state index in [1.807, 2.05) is 0 Å². The molecule has 0 fully saturated rings. The first-order valence-corrected chi connectivity index (χ1v) is 5.45. The molecule has 0 aromatic carbocycles. The second kappa shape index (κ2) is 5.33. The van der Waals surface area contributed by atoms with Crippen molar-refractivity contribution in [3.8, 4) is 12.3 Å². The van der Waals surface area contributed by atoms with Crippen molar-refractivity contribution in [3.63, 3.8) is 0 Å². The maximum absolute atomic E-state index is 11.7. The van der Waals surface area contributed by atoms with Gasteiger partial charge in [-0.2, -0.15) is 0 Å². The highest BCUT2D eigenvalue weighted by molar-refractivity contribution is 7.48. The minimum atomic E-state index is -3.57. The summed E-state index contributed by atoms with van der Waals surface area (Å²) in [7, 11) is -2.34. The Morgan fingerprint density at radius 2 is 2.21 bits per heavy atom. The van der Waals surface area contributed by atoms with Crippen molar-refractivity contribution in [2.45, 2.75) is 19.4 Å². The monoisotopic (exact) mass is 218 g/mol.